The fraction of sp³-hybridized carbons (Fsp3) is 0.222. The normalized spacial score (nSPS) is 10.1. The number of carbonyl (C=O) groups is 2. The first-order valence-electron chi connectivity index (χ1n) is 8.07. The number of methoxy groups -OCH3 is 1. The largest absolute Gasteiger partial charge is 0.497 e. The van der Waals surface area contributed by atoms with E-state index in [0.717, 1.165) is 0 Å². The molecule has 2 aromatic carbocycles. The van der Waals surface area contributed by atoms with Crippen molar-refractivity contribution in [2.75, 3.05) is 25.6 Å². The summed E-state index contributed by atoms with van der Waals surface area (Å²) in [4.78, 5) is 34.8. The summed E-state index contributed by atoms with van der Waals surface area (Å²) in [5.74, 6) is -0.715. The minimum Gasteiger partial charge on any atom is -0.497 e. The number of nitrogens with one attached hydrogen (secondary N) is 1. The van der Waals surface area contributed by atoms with Crippen LogP contribution in [0.3, 0.4) is 0 Å². The summed E-state index contributed by atoms with van der Waals surface area (Å²) in [6.45, 7) is 1.47. The predicted octanol–water partition coefficient (Wildman–Crippen LogP) is 3.56. The third-order valence-electron chi connectivity index (χ3n) is 3.48. The van der Waals surface area contributed by atoms with Crippen molar-refractivity contribution in [3.05, 3.63) is 56.5 Å². The van der Waals surface area contributed by atoms with E-state index in [1.807, 2.05) is 0 Å². The van der Waals surface area contributed by atoms with E-state index in [1.54, 1.807) is 19.1 Å². The third-order valence-corrected chi connectivity index (χ3v) is 4.17. The van der Waals surface area contributed by atoms with Crippen molar-refractivity contribution in [2.45, 2.75) is 6.92 Å². The van der Waals surface area contributed by atoms with Crippen LogP contribution in [0.25, 0.3) is 0 Å². The number of benzene rings is 2. The first-order chi connectivity index (χ1) is 13.3. The molecule has 2 rings (SSSR count). The quantitative estimate of drug-likeness (QED) is 0.369. The van der Waals surface area contributed by atoms with Crippen molar-refractivity contribution in [1.82, 2.24) is 0 Å². The van der Waals surface area contributed by atoms with Crippen molar-refractivity contribution < 1.29 is 28.7 Å². The maximum Gasteiger partial charge on any atom is 0.339 e. The van der Waals surface area contributed by atoms with Crippen LogP contribution in [0.2, 0.25) is 0 Å². The number of ether oxygens (including phenoxy) is 3. The lowest BCUT2D eigenvalue weighted by Crippen LogP contribution is -2.21. The van der Waals surface area contributed by atoms with E-state index < -0.39 is 23.4 Å². The Morgan fingerprint density at radius 3 is 2.54 bits per heavy atom. The van der Waals surface area contributed by atoms with Crippen molar-refractivity contribution in [3.8, 4) is 11.5 Å². The SMILES string of the molecule is CCOc1ccc(NC(=O)COC(=O)c2cc(OC)ccc2Br)c([N+](=O)[O-])c1. The highest BCUT2D eigenvalue weighted by Crippen LogP contribution is 2.29. The van der Waals surface area contributed by atoms with Gasteiger partial charge in [0, 0.05) is 4.47 Å². The van der Waals surface area contributed by atoms with Crippen LogP contribution in [0, 0.1) is 10.1 Å². The van der Waals surface area contributed by atoms with Crippen LogP contribution in [-0.2, 0) is 9.53 Å². The van der Waals surface area contributed by atoms with Gasteiger partial charge in [0.05, 0.1) is 30.3 Å². The number of nitro benzene ring substituents is 1. The van der Waals surface area contributed by atoms with Gasteiger partial charge in [0.1, 0.15) is 17.2 Å². The molecule has 1 amide bonds. The van der Waals surface area contributed by atoms with Gasteiger partial charge in [0.2, 0.25) is 0 Å². The van der Waals surface area contributed by atoms with Crippen LogP contribution in [-0.4, -0.2) is 37.1 Å². The molecule has 1 N–H and O–H groups in total. The van der Waals surface area contributed by atoms with E-state index in [1.165, 1.54) is 31.4 Å². The summed E-state index contributed by atoms with van der Waals surface area (Å²) in [6.07, 6.45) is 0. The number of hydrogen-bond donors (Lipinski definition) is 1. The van der Waals surface area contributed by atoms with Crippen molar-refractivity contribution in [3.63, 3.8) is 0 Å². The molecule has 0 bridgehead atoms. The molecule has 148 valence electrons. The van der Waals surface area contributed by atoms with Crippen LogP contribution in [0.4, 0.5) is 11.4 Å². The molecule has 0 saturated heterocycles. The van der Waals surface area contributed by atoms with Gasteiger partial charge in [-0.2, -0.15) is 0 Å². The Morgan fingerprint density at radius 2 is 1.89 bits per heavy atom. The number of amides is 1. The molecule has 0 unspecified atom stereocenters. The van der Waals surface area contributed by atoms with Crippen LogP contribution in [0.1, 0.15) is 17.3 Å². The van der Waals surface area contributed by atoms with Crippen LogP contribution >= 0.6 is 15.9 Å². The van der Waals surface area contributed by atoms with Gasteiger partial charge in [0.15, 0.2) is 6.61 Å². The second-order valence-corrected chi connectivity index (χ2v) is 6.19. The zero-order valence-electron chi connectivity index (χ0n) is 15.1. The molecule has 0 fully saturated rings. The Kier molecular flexibility index (Phi) is 7.33. The lowest BCUT2D eigenvalue weighted by Gasteiger charge is -2.10. The van der Waals surface area contributed by atoms with Gasteiger partial charge in [-0.1, -0.05) is 0 Å². The van der Waals surface area contributed by atoms with Crippen LogP contribution in [0.15, 0.2) is 40.9 Å². The average molecular weight is 453 g/mol. The van der Waals surface area contributed by atoms with Crippen molar-refractivity contribution in [2.24, 2.45) is 0 Å². The molecule has 0 saturated carbocycles. The fourth-order valence-corrected chi connectivity index (χ4v) is 2.62. The summed E-state index contributed by atoms with van der Waals surface area (Å²) in [6, 6.07) is 8.77. The summed E-state index contributed by atoms with van der Waals surface area (Å²) >= 11 is 3.22. The monoisotopic (exact) mass is 452 g/mol. The Hall–Kier alpha value is -3.14. The molecular weight excluding hydrogens is 436 g/mol. The lowest BCUT2D eigenvalue weighted by molar-refractivity contribution is -0.384. The number of anilines is 1. The van der Waals surface area contributed by atoms with E-state index in [-0.39, 0.29) is 16.9 Å². The number of esters is 1. The maximum absolute atomic E-state index is 12.2. The van der Waals surface area contributed by atoms with Gasteiger partial charge in [-0.25, -0.2) is 4.79 Å². The van der Waals surface area contributed by atoms with Gasteiger partial charge in [0.25, 0.3) is 11.6 Å². The molecule has 0 aliphatic rings. The van der Waals surface area contributed by atoms with Gasteiger partial charge < -0.3 is 19.5 Å². The summed E-state index contributed by atoms with van der Waals surface area (Å²) in [5, 5.41) is 13.6. The molecule has 9 nitrogen and oxygen atoms in total. The van der Waals surface area contributed by atoms with Gasteiger partial charge in [-0.05, 0) is 53.2 Å². The van der Waals surface area contributed by atoms with Crippen LogP contribution in [0.5, 0.6) is 11.5 Å². The first-order valence-corrected chi connectivity index (χ1v) is 8.86. The topological polar surface area (TPSA) is 117 Å². The van der Waals surface area contributed by atoms with Gasteiger partial charge in [-0.3, -0.25) is 14.9 Å². The van der Waals surface area contributed by atoms with E-state index in [4.69, 9.17) is 14.2 Å². The van der Waals surface area contributed by atoms with E-state index in [0.29, 0.717) is 22.6 Å². The summed E-state index contributed by atoms with van der Waals surface area (Å²) in [5.41, 5.74) is -0.183. The second-order valence-electron chi connectivity index (χ2n) is 5.34. The average Bonchev–Trinajstić information content (AvgIpc) is 2.67. The third kappa shape index (κ3) is 5.43. The second kappa shape index (κ2) is 9.70. The molecule has 0 atom stereocenters. The first kappa shape index (κ1) is 21.2. The standard InChI is InChI=1S/C18H17BrN2O7/c1-3-27-12-5-7-15(16(9-12)21(24)25)20-17(22)10-28-18(23)13-8-11(26-2)4-6-14(13)19/h4-9H,3,10H2,1-2H3,(H,20,22). The maximum atomic E-state index is 12.2. The highest BCUT2D eigenvalue weighted by Gasteiger charge is 2.19. The Labute approximate surface area is 168 Å². The molecule has 28 heavy (non-hydrogen) atoms. The van der Waals surface area contributed by atoms with Crippen LogP contribution < -0.4 is 14.8 Å². The number of halogens is 1. The van der Waals surface area contributed by atoms with Crippen molar-refractivity contribution in [1.29, 1.82) is 0 Å². The molecule has 0 spiro atoms. The molecule has 0 aliphatic heterocycles. The molecule has 0 aliphatic carbocycles. The zero-order chi connectivity index (χ0) is 20.7. The zero-order valence-corrected chi connectivity index (χ0v) is 16.6. The molecule has 2 aromatic rings. The van der Waals surface area contributed by atoms with Gasteiger partial charge in [-0.15, -0.1) is 0 Å². The number of carbonyl (C=O) groups excluding carboxylic acids is 2. The summed E-state index contributed by atoms with van der Waals surface area (Å²) in [7, 11) is 1.45. The predicted molar refractivity (Wildman–Crippen MR) is 104 cm³/mol. The Balaban J connectivity index is 2.04. The Morgan fingerprint density at radius 1 is 1.18 bits per heavy atom. The fourth-order valence-electron chi connectivity index (χ4n) is 2.21. The lowest BCUT2D eigenvalue weighted by atomic mass is 10.2. The number of hydrogen-bond acceptors (Lipinski definition) is 7. The minimum atomic E-state index is -0.748. The van der Waals surface area contributed by atoms with E-state index >= 15 is 0 Å². The summed E-state index contributed by atoms with van der Waals surface area (Å²) < 4.78 is 15.7. The van der Waals surface area contributed by atoms with E-state index in [9.17, 15) is 19.7 Å². The minimum absolute atomic E-state index is 0.0305. The molecular formula is C18H17BrN2O7. The molecule has 0 aromatic heterocycles. The number of nitrogens with zero attached hydrogens (tertiary/aromatic N) is 1. The molecule has 10 heteroatoms. The Bertz CT molecular complexity index is 901. The van der Waals surface area contributed by atoms with Gasteiger partial charge >= 0.3 is 5.97 Å². The molecule has 0 heterocycles. The molecule has 0 radical (unpaired) electrons. The highest BCUT2D eigenvalue weighted by atomic mass is 79.9. The number of rotatable bonds is 8. The van der Waals surface area contributed by atoms with Crippen molar-refractivity contribution >= 4 is 39.2 Å². The smallest absolute Gasteiger partial charge is 0.339 e. The highest BCUT2D eigenvalue weighted by molar-refractivity contribution is 9.10. The van der Waals surface area contributed by atoms with E-state index in [2.05, 4.69) is 21.2 Å². The number of nitro groups is 1.